The highest BCUT2D eigenvalue weighted by Crippen LogP contribution is 2.26. The summed E-state index contributed by atoms with van der Waals surface area (Å²) in [6.45, 7) is 1.84. The Hall–Kier alpha value is -1.16. The predicted octanol–water partition coefficient (Wildman–Crippen LogP) is 3.94. The lowest BCUT2D eigenvalue weighted by molar-refractivity contribution is 0.473. The second-order valence-corrected chi connectivity index (χ2v) is 5.52. The van der Waals surface area contributed by atoms with Gasteiger partial charge in [0.05, 0.1) is 27.5 Å². The van der Waals surface area contributed by atoms with Gasteiger partial charge in [-0.1, -0.05) is 29.3 Å². The average Bonchev–Trinajstić information content (AvgIpc) is 2.34. The smallest absolute Gasteiger partial charge is 0.141 e. The highest BCUT2D eigenvalue weighted by atomic mass is 35.5. The Labute approximate surface area is 121 Å². The van der Waals surface area contributed by atoms with Crippen LogP contribution in [0.1, 0.15) is 18.2 Å². The Kier molecular flexibility index (Phi) is 4.09. The van der Waals surface area contributed by atoms with Crippen LogP contribution in [0.15, 0.2) is 36.5 Å². The van der Waals surface area contributed by atoms with Crippen molar-refractivity contribution in [2.75, 3.05) is 0 Å². The molecule has 1 heterocycles. The van der Waals surface area contributed by atoms with Gasteiger partial charge in [0.1, 0.15) is 5.82 Å². The van der Waals surface area contributed by atoms with Crippen molar-refractivity contribution in [1.82, 2.24) is 4.98 Å². The number of hydrogen-bond acceptors (Lipinski definition) is 2. The monoisotopic (exact) mass is 298 g/mol. The maximum absolute atomic E-state index is 12.9. The summed E-state index contributed by atoms with van der Waals surface area (Å²) < 4.78 is 12.9. The van der Waals surface area contributed by atoms with E-state index in [2.05, 4.69) is 4.98 Å². The van der Waals surface area contributed by atoms with Crippen LogP contribution in [0.4, 0.5) is 4.39 Å². The van der Waals surface area contributed by atoms with Crippen molar-refractivity contribution in [2.24, 2.45) is 5.73 Å². The third-order valence-electron chi connectivity index (χ3n) is 2.87. The van der Waals surface area contributed by atoms with E-state index in [9.17, 15) is 4.39 Å². The second kappa shape index (κ2) is 5.45. The van der Waals surface area contributed by atoms with Crippen LogP contribution < -0.4 is 5.73 Å². The molecule has 1 atom stereocenters. The molecule has 1 aromatic heterocycles. The van der Waals surface area contributed by atoms with Gasteiger partial charge in [-0.25, -0.2) is 4.39 Å². The molecule has 0 saturated heterocycles. The lowest BCUT2D eigenvalue weighted by Crippen LogP contribution is -2.36. The Bertz CT molecular complexity index is 582. The fraction of sp³-hybridized carbons (Fsp3) is 0.214. The average molecular weight is 299 g/mol. The van der Waals surface area contributed by atoms with Gasteiger partial charge in [-0.2, -0.15) is 0 Å². The van der Waals surface area contributed by atoms with Crippen LogP contribution in [0.5, 0.6) is 0 Å². The van der Waals surface area contributed by atoms with E-state index in [-0.39, 0.29) is 5.82 Å². The number of pyridine rings is 1. The van der Waals surface area contributed by atoms with Crippen molar-refractivity contribution < 1.29 is 4.39 Å². The largest absolute Gasteiger partial charge is 0.320 e. The van der Waals surface area contributed by atoms with E-state index in [1.165, 1.54) is 6.07 Å². The van der Waals surface area contributed by atoms with Gasteiger partial charge in [0.15, 0.2) is 0 Å². The van der Waals surface area contributed by atoms with Crippen LogP contribution in [-0.2, 0) is 12.0 Å². The molecule has 2 nitrogen and oxygen atoms in total. The first-order valence-electron chi connectivity index (χ1n) is 5.73. The minimum Gasteiger partial charge on any atom is -0.320 e. The molecule has 0 saturated carbocycles. The van der Waals surface area contributed by atoms with Gasteiger partial charge in [-0.3, -0.25) is 4.98 Å². The van der Waals surface area contributed by atoms with Gasteiger partial charge in [0.25, 0.3) is 0 Å². The van der Waals surface area contributed by atoms with Crippen LogP contribution in [-0.4, -0.2) is 4.98 Å². The zero-order valence-corrected chi connectivity index (χ0v) is 11.8. The molecule has 1 aromatic carbocycles. The van der Waals surface area contributed by atoms with Gasteiger partial charge >= 0.3 is 0 Å². The molecule has 5 heteroatoms. The standard InChI is InChI=1S/C14H13Cl2FN2/c1-14(18,13-5-3-10(17)8-19-13)7-9-2-4-11(15)12(16)6-9/h2-6,8H,7,18H2,1H3. The molecule has 0 aliphatic carbocycles. The highest BCUT2D eigenvalue weighted by Gasteiger charge is 2.23. The third kappa shape index (κ3) is 3.44. The molecule has 2 aromatic rings. The topological polar surface area (TPSA) is 38.9 Å². The molecule has 0 spiro atoms. The number of rotatable bonds is 3. The Morgan fingerprint density at radius 1 is 1.21 bits per heavy atom. The maximum atomic E-state index is 12.9. The van der Waals surface area contributed by atoms with Gasteiger partial charge in [-0.05, 0) is 43.2 Å². The van der Waals surface area contributed by atoms with Crippen LogP contribution in [0, 0.1) is 5.82 Å². The van der Waals surface area contributed by atoms with Crippen LogP contribution in [0.25, 0.3) is 0 Å². The Morgan fingerprint density at radius 3 is 2.53 bits per heavy atom. The van der Waals surface area contributed by atoms with E-state index < -0.39 is 5.54 Å². The minimum atomic E-state index is -0.704. The maximum Gasteiger partial charge on any atom is 0.141 e. The Balaban J connectivity index is 2.25. The van der Waals surface area contributed by atoms with Crippen molar-refractivity contribution in [2.45, 2.75) is 18.9 Å². The van der Waals surface area contributed by atoms with Crippen molar-refractivity contribution in [3.05, 3.63) is 63.6 Å². The van der Waals surface area contributed by atoms with E-state index in [0.717, 1.165) is 11.8 Å². The zero-order valence-electron chi connectivity index (χ0n) is 10.3. The fourth-order valence-corrected chi connectivity index (χ4v) is 2.20. The quantitative estimate of drug-likeness (QED) is 0.932. The lowest BCUT2D eigenvalue weighted by Gasteiger charge is -2.24. The molecule has 0 amide bonds. The van der Waals surface area contributed by atoms with E-state index in [4.69, 9.17) is 28.9 Å². The summed E-state index contributed by atoms with van der Waals surface area (Å²) in [5.41, 5.74) is 7.12. The first-order valence-corrected chi connectivity index (χ1v) is 6.49. The van der Waals surface area contributed by atoms with Crippen LogP contribution >= 0.6 is 23.2 Å². The molecule has 1 unspecified atom stereocenters. The molecule has 2 rings (SSSR count). The summed E-state index contributed by atoms with van der Waals surface area (Å²) in [7, 11) is 0. The second-order valence-electron chi connectivity index (χ2n) is 4.70. The summed E-state index contributed by atoms with van der Waals surface area (Å²) in [6.07, 6.45) is 1.69. The van der Waals surface area contributed by atoms with Gasteiger partial charge < -0.3 is 5.73 Å². The van der Waals surface area contributed by atoms with Gasteiger partial charge in [-0.15, -0.1) is 0 Å². The van der Waals surface area contributed by atoms with E-state index in [0.29, 0.717) is 22.2 Å². The molecule has 0 fully saturated rings. The van der Waals surface area contributed by atoms with Crippen LogP contribution in [0.2, 0.25) is 10.0 Å². The molecule has 100 valence electrons. The van der Waals surface area contributed by atoms with Crippen molar-refractivity contribution in [3.8, 4) is 0 Å². The number of benzene rings is 1. The predicted molar refractivity (Wildman–Crippen MR) is 75.9 cm³/mol. The number of nitrogens with zero attached hydrogens (tertiary/aromatic N) is 1. The van der Waals surface area contributed by atoms with E-state index >= 15 is 0 Å². The Morgan fingerprint density at radius 2 is 1.95 bits per heavy atom. The van der Waals surface area contributed by atoms with Gasteiger partial charge in [0, 0.05) is 0 Å². The molecule has 0 aliphatic heterocycles. The SMILES string of the molecule is CC(N)(Cc1ccc(Cl)c(Cl)c1)c1ccc(F)cn1. The number of nitrogens with two attached hydrogens (primary N) is 1. The highest BCUT2D eigenvalue weighted by molar-refractivity contribution is 6.42. The first-order chi connectivity index (χ1) is 8.88. The first kappa shape index (κ1) is 14.3. The number of aromatic nitrogens is 1. The zero-order chi connectivity index (χ0) is 14.0. The summed E-state index contributed by atoms with van der Waals surface area (Å²) in [4.78, 5) is 4.03. The van der Waals surface area contributed by atoms with Crippen LogP contribution in [0.3, 0.4) is 0 Å². The molecule has 0 bridgehead atoms. The number of halogens is 3. The summed E-state index contributed by atoms with van der Waals surface area (Å²) >= 11 is 11.8. The lowest BCUT2D eigenvalue weighted by atomic mass is 9.90. The molecule has 0 aliphatic rings. The minimum absolute atomic E-state index is 0.380. The van der Waals surface area contributed by atoms with Crippen molar-refractivity contribution >= 4 is 23.2 Å². The molecule has 2 N–H and O–H groups in total. The molecular weight excluding hydrogens is 286 g/mol. The fourth-order valence-electron chi connectivity index (χ4n) is 1.88. The normalized spacial score (nSPS) is 14.2. The van der Waals surface area contributed by atoms with Crippen molar-refractivity contribution in [1.29, 1.82) is 0 Å². The molecule has 19 heavy (non-hydrogen) atoms. The number of hydrogen-bond donors (Lipinski definition) is 1. The van der Waals surface area contributed by atoms with E-state index in [1.807, 2.05) is 13.0 Å². The molecule has 0 radical (unpaired) electrons. The summed E-state index contributed by atoms with van der Waals surface area (Å²) in [6, 6.07) is 8.31. The summed E-state index contributed by atoms with van der Waals surface area (Å²) in [5, 5.41) is 0.992. The van der Waals surface area contributed by atoms with Gasteiger partial charge in [0.2, 0.25) is 0 Å². The molecular formula is C14H13Cl2FN2. The van der Waals surface area contributed by atoms with Crippen molar-refractivity contribution in [3.63, 3.8) is 0 Å². The third-order valence-corrected chi connectivity index (χ3v) is 3.61. The summed E-state index contributed by atoms with van der Waals surface area (Å²) in [5.74, 6) is -0.380. The van der Waals surface area contributed by atoms with E-state index in [1.54, 1.807) is 18.2 Å².